The number of hydrogen-bond acceptors (Lipinski definition) is 3. The second-order valence-electron chi connectivity index (χ2n) is 5.78. The van der Waals surface area contributed by atoms with Crippen LogP contribution in [0.4, 0.5) is 8.78 Å². The fourth-order valence-corrected chi connectivity index (χ4v) is 3.56. The van der Waals surface area contributed by atoms with Crippen molar-refractivity contribution in [2.24, 2.45) is 5.14 Å². The molecule has 0 spiro atoms. The molecule has 3 N–H and O–H groups in total. The normalized spacial score (nSPS) is 18.3. The summed E-state index contributed by atoms with van der Waals surface area (Å²) in [5.74, 6) is -0.897. The average Bonchev–Trinajstić information content (AvgIpc) is 2.63. The van der Waals surface area contributed by atoms with Gasteiger partial charge in [0.1, 0.15) is 35.0 Å². The molecule has 0 saturated heterocycles. The van der Waals surface area contributed by atoms with Crippen molar-refractivity contribution in [2.75, 3.05) is 13.2 Å². The van der Waals surface area contributed by atoms with Gasteiger partial charge in [-0.25, -0.2) is 18.1 Å². The van der Waals surface area contributed by atoms with E-state index in [4.69, 9.17) is 21.5 Å². The quantitative estimate of drug-likeness (QED) is 0.811. The van der Waals surface area contributed by atoms with E-state index in [-0.39, 0.29) is 34.1 Å². The maximum Gasteiger partial charge on any atom is 0.144 e. The molecule has 26 heavy (non-hydrogen) atoms. The van der Waals surface area contributed by atoms with E-state index in [9.17, 15) is 13.0 Å². The van der Waals surface area contributed by atoms with Crippen LogP contribution in [-0.2, 0) is 11.0 Å². The Bertz CT molecular complexity index is 859. The van der Waals surface area contributed by atoms with E-state index in [2.05, 4.69) is 11.4 Å². The van der Waals surface area contributed by atoms with Gasteiger partial charge in [0.15, 0.2) is 0 Å². The second-order valence-corrected chi connectivity index (χ2v) is 7.23. The molecule has 0 aromatic heterocycles. The topological polar surface area (TPSA) is 64.4 Å². The Hall–Kier alpha value is -1.80. The first-order valence-electron chi connectivity index (χ1n) is 7.93. The maximum atomic E-state index is 14.0. The lowest BCUT2D eigenvalue weighted by Gasteiger charge is -2.26. The highest BCUT2D eigenvalue weighted by Crippen LogP contribution is 2.30. The van der Waals surface area contributed by atoms with Gasteiger partial charge >= 0.3 is 0 Å². The first-order chi connectivity index (χ1) is 12.5. The summed E-state index contributed by atoms with van der Waals surface area (Å²) in [6, 6.07) is 8.34. The van der Waals surface area contributed by atoms with E-state index < -0.39 is 16.8 Å². The van der Waals surface area contributed by atoms with Crippen molar-refractivity contribution in [1.29, 1.82) is 0 Å². The molecule has 1 aliphatic rings. The van der Waals surface area contributed by atoms with E-state index in [0.29, 0.717) is 0 Å². The van der Waals surface area contributed by atoms with Crippen molar-refractivity contribution in [2.45, 2.75) is 17.4 Å². The Morgan fingerprint density at radius 1 is 1.27 bits per heavy atom. The van der Waals surface area contributed by atoms with Crippen molar-refractivity contribution in [3.05, 3.63) is 64.7 Å². The Morgan fingerprint density at radius 3 is 2.69 bits per heavy atom. The van der Waals surface area contributed by atoms with Crippen LogP contribution in [0, 0.1) is 11.6 Å². The summed E-state index contributed by atoms with van der Waals surface area (Å²) in [5, 5.41) is 8.66. The molecule has 0 bridgehead atoms. The number of rotatable bonds is 5. The van der Waals surface area contributed by atoms with Crippen molar-refractivity contribution >= 4 is 28.2 Å². The second kappa shape index (κ2) is 8.26. The Morgan fingerprint density at radius 2 is 2.00 bits per heavy atom. The van der Waals surface area contributed by atoms with E-state index in [1.54, 1.807) is 12.1 Å². The number of benzene rings is 2. The van der Waals surface area contributed by atoms with Crippen molar-refractivity contribution in [3.8, 4) is 5.75 Å². The SMILES string of the molecule is NS(=O)c1cc(Cl)c(OCC2NCCC=C2c2ccc(F)cc2)cc1F. The van der Waals surface area contributed by atoms with Gasteiger partial charge in [-0.1, -0.05) is 29.8 Å². The zero-order chi connectivity index (χ0) is 18.7. The van der Waals surface area contributed by atoms with Gasteiger partial charge in [0.25, 0.3) is 0 Å². The van der Waals surface area contributed by atoms with E-state index in [0.717, 1.165) is 30.2 Å². The van der Waals surface area contributed by atoms with Crippen LogP contribution >= 0.6 is 11.6 Å². The smallest absolute Gasteiger partial charge is 0.144 e. The molecule has 1 aliphatic heterocycles. The van der Waals surface area contributed by atoms with Crippen LogP contribution in [-0.4, -0.2) is 23.4 Å². The monoisotopic (exact) mass is 398 g/mol. The molecule has 2 aromatic carbocycles. The molecule has 4 nitrogen and oxygen atoms in total. The van der Waals surface area contributed by atoms with Crippen molar-refractivity contribution in [3.63, 3.8) is 0 Å². The summed E-state index contributed by atoms with van der Waals surface area (Å²) in [6.07, 6.45) is 2.91. The molecular formula is C18H17ClF2N2O2S. The average molecular weight is 399 g/mol. The third-order valence-electron chi connectivity index (χ3n) is 4.06. The molecular weight excluding hydrogens is 382 g/mol. The Labute approximate surface area is 157 Å². The Balaban J connectivity index is 1.77. The van der Waals surface area contributed by atoms with Gasteiger partial charge in [-0.3, -0.25) is 0 Å². The molecule has 0 saturated carbocycles. The summed E-state index contributed by atoms with van der Waals surface area (Å²) in [5.41, 5.74) is 1.87. The number of hydrogen-bond donors (Lipinski definition) is 2. The first kappa shape index (κ1) is 19.0. The van der Waals surface area contributed by atoms with Gasteiger partial charge in [-0.2, -0.15) is 0 Å². The minimum atomic E-state index is -1.97. The molecule has 0 fully saturated rings. The summed E-state index contributed by atoms with van der Waals surface area (Å²) in [7, 11) is -1.97. The third-order valence-corrected chi connectivity index (χ3v) is 5.10. The molecule has 2 aromatic rings. The highest BCUT2D eigenvalue weighted by Gasteiger charge is 2.21. The van der Waals surface area contributed by atoms with Gasteiger partial charge in [-0.05, 0) is 42.3 Å². The van der Waals surface area contributed by atoms with Crippen LogP contribution in [0.2, 0.25) is 5.02 Å². The lowest BCUT2D eigenvalue weighted by molar-refractivity contribution is 0.287. The predicted molar refractivity (Wildman–Crippen MR) is 98.3 cm³/mol. The van der Waals surface area contributed by atoms with Crippen molar-refractivity contribution < 1.29 is 17.7 Å². The molecule has 0 aliphatic carbocycles. The predicted octanol–water partition coefficient (Wildman–Crippen LogP) is 3.42. The van der Waals surface area contributed by atoms with Gasteiger partial charge in [0, 0.05) is 6.07 Å². The van der Waals surface area contributed by atoms with Crippen LogP contribution in [0.15, 0.2) is 47.4 Å². The lowest BCUT2D eigenvalue weighted by Crippen LogP contribution is -2.38. The lowest BCUT2D eigenvalue weighted by atomic mass is 9.95. The largest absolute Gasteiger partial charge is 0.490 e. The fourth-order valence-electron chi connectivity index (χ4n) is 2.80. The molecule has 138 valence electrons. The first-order valence-corrected chi connectivity index (χ1v) is 9.52. The zero-order valence-electron chi connectivity index (χ0n) is 13.7. The van der Waals surface area contributed by atoms with Crippen LogP contribution in [0.3, 0.4) is 0 Å². The van der Waals surface area contributed by atoms with E-state index in [1.165, 1.54) is 18.2 Å². The highest BCUT2D eigenvalue weighted by atomic mass is 35.5. The molecule has 8 heteroatoms. The minimum Gasteiger partial charge on any atom is -0.490 e. The summed E-state index contributed by atoms with van der Waals surface area (Å²) >= 11 is 6.08. The van der Waals surface area contributed by atoms with Gasteiger partial charge in [0.05, 0.1) is 16.0 Å². The van der Waals surface area contributed by atoms with Crippen LogP contribution in [0.25, 0.3) is 5.57 Å². The molecule has 2 unspecified atom stereocenters. The van der Waals surface area contributed by atoms with Gasteiger partial charge in [0.2, 0.25) is 0 Å². The number of nitrogens with two attached hydrogens (primary N) is 1. The van der Waals surface area contributed by atoms with Crippen LogP contribution < -0.4 is 15.2 Å². The molecule has 3 rings (SSSR count). The molecule has 0 amide bonds. The highest BCUT2D eigenvalue weighted by molar-refractivity contribution is 7.82. The zero-order valence-corrected chi connectivity index (χ0v) is 15.2. The van der Waals surface area contributed by atoms with E-state index >= 15 is 0 Å². The summed E-state index contributed by atoms with van der Waals surface area (Å²) < 4.78 is 44.0. The number of halogens is 3. The van der Waals surface area contributed by atoms with Crippen LogP contribution in [0.1, 0.15) is 12.0 Å². The maximum absolute atomic E-state index is 14.0. The van der Waals surface area contributed by atoms with Crippen molar-refractivity contribution in [1.82, 2.24) is 5.32 Å². The standard InChI is InChI=1S/C18H17ClF2N2O2S/c19-14-8-18(26(22)24)15(21)9-17(14)25-10-16-13(2-1-7-23-16)11-3-5-12(20)6-4-11/h2-6,8-9,16,23H,1,7,10,22H2. The van der Waals surface area contributed by atoms with Gasteiger partial charge < -0.3 is 10.1 Å². The molecule has 0 radical (unpaired) electrons. The fraction of sp³-hybridized carbons (Fsp3) is 0.222. The minimum absolute atomic E-state index is 0.128. The summed E-state index contributed by atoms with van der Waals surface area (Å²) in [6.45, 7) is 0.972. The Kier molecular flexibility index (Phi) is 6.03. The number of ether oxygens (including phenoxy) is 1. The summed E-state index contributed by atoms with van der Waals surface area (Å²) in [4.78, 5) is -0.176. The molecule has 1 heterocycles. The molecule has 2 atom stereocenters. The van der Waals surface area contributed by atoms with Crippen LogP contribution in [0.5, 0.6) is 5.75 Å². The van der Waals surface area contributed by atoms with Gasteiger partial charge in [-0.15, -0.1) is 0 Å². The third kappa shape index (κ3) is 4.29. The number of nitrogens with one attached hydrogen (secondary N) is 1. The van der Waals surface area contributed by atoms with E-state index in [1.807, 2.05) is 0 Å².